The number of benzene rings is 1. The van der Waals surface area contributed by atoms with E-state index in [1.165, 1.54) is 7.11 Å². The number of hydrogen-bond acceptors (Lipinski definition) is 3. The first-order chi connectivity index (χ1) is 7.29. The molecule has 0 aliphatic heterocycles. The quantitative estimate of drug-likeness (QED) is 0.710. The second kappa shape index (κ2) is 4.34. The third-order valence-corrected chi connectivity index (χ3v) is 2.68. The Hall–Kier alpha value is -1.51. The first-order valence-corrected chi connectivity index (χ1v) is 5.09. The zero-order valence-electron chi connectivity index (χ0n) is 8.68. The lowest BCUT2D eigenvalue weighted by molar-refractivity contribution is -0.151. The van der Waals surface area contributed by atoms with Crippen molar-refractivity contribution in [1.82, 2.24) is 0 Å². The van der Waals surface area contributed by atoms with Gasteiger partial charge in [0.05, 0.1) is 13.0 Å². The Balaban J connectivity index is 1.79. The maximum absolute atomic E-state index is 11.1. The fourth-order valence-corrected chi connectivity index (χ4v) is 1.71. The Morgan fingerprint density at radius 2 is 1.93 bits per heavy atom. The van der Waals surface area contributed by atoms with Gasteiger partial charge in [0.2, 0.25) is 0 Å². The minimum absolute atomic E-state index is 0.0312. The highest BCUT2D eigenvalue weighted by atomic mass is 16.5. The van der Waals surface area contributed by atoms with Gasteiger partial charge in [-0.1, -0.05) is 18.2 Å². The third-order valence-electron chi connectivity index (χ3n) is 2.68. The van der Waals surface area contributed by atoms with Gasteiger partial charge in [-0.3, -0.25) is 4.79 Å². The summed E-state index contributed by atoms with van der Waals surface area (Å²) in [5.74, 6) is 0.775. The van der Waals surface area contributed by atoms with Crippen LogP contribution in [0.2, 0.25) is 0 Å². The lowest BCUT2D eigenvalue weighted by Crippen LogP contribution is -2.38. The maximum Gasteiger partial charge on any atom is 0.308 e. The summed E-state index contributed by atoms with van der Waals surface area (Å²) in [6.45, 7) is 0. The molecule has 0 atom stereocenters. The molecule has 1 aromatic rings. The molecule has 1 aromatic carbocycles. The number of carbonyl (C=O) groups excluding carboxylic acids is 1. The number of para-hydroxylation sites is 1. The first kappa shape index (κ1) is 10.0. The molecular weight excluding hydrogens is 192 g/mol. The van der Waals surface area contributed by atoms with Gasteiger partial charge in [0, 0.05) is 0 Å². The van der Waals surface area contributed by atoms with E-state index in [0.717, 1.165) is 18.6 Å². The second-order valence-corrected chi connectivity index (χ2v) is 3.74. The van der Waals surface area contributed by atoms with E-state index in [9.17, 15) is 4.79 Å². The number of rotatable bonds is 3. The van der Waals surface area contributed by atoms with Crippen molar-refractivity contribution in [3.63, 3.8) is 0 Å². The van der Waals surface area contributed by atoms with Crippen LogP contribution in [0.5, 0.6) is 5.75 Å². The second-order valence-electron chi connectivity index (χ2n) is 3.74. The fourth-order valence-electron chi connectivity index (χ4n) is 1.71. The van der Waals surface area contributed by atoms with E-state index in [2.05, 4.69) is 4.74 Å². The minimum Gasteiger partial charge on any atom is -0.490 e. The summed E-state index contributed by atoms with van der Waals surface area (Å²) < 4.78 is 10.3. The maximum atomic E-state index is 11.1. The molecule has 0 saturated heterocycles. The van der Waals surface area contributed by atoms with Crippen molar-refractivity contribution in [3.05, 3.63) is 30.3 Å². The average Bonchev–Trinajstić information content (AvgIpc) is 2.23. The molecule has 2 rings (SSSR count). The van der Waals surface area contributed by atoms with Crippen molar-refractivity contribution in [2.45, 2.75) is 18.9 Å². The fraction of sp³-hybridized carbons (Fsp3) is 0.417. The Labute approximate surface area is 89.0 Å². The average molecular weight is 206 g/mol. The van der Waals surface area contributed by atoms with E-state index in [1.54, 1.807) is 0 Å². The van der Waals surface area contributed by atoms with E-state index in [0.29, 0.717) is 0 Å². The molecule has 0 amide bonds. The van der Waals surface area contributed by atoms with Crippen LogP contribution in [-0.2, 0) is 9.53 Å². The highest BCUT2D eigenvalue weighted by Gasteiger charge is 2.36. The van der Waals surface area contributed by atoms with Crippen molar-refractivity contribution in [1.29, 1.82) is 0 Å². The first-order valence-electron chi connectivity index (χ1n) is 5.09. The van der Waals surface area contributed by atoms with Crippen LogP contribution in [0.4, 0.5) is 0 Å². The van der Waals surface area contributed by atoms with Crippen molar-refractivity contribution >= 4 is 5.97 Å². The van der Waals surface area contributed by atoms with E-state index in [4.69, 9.17) is 4.74 Å². The van der Waals surface area contributed by atoms with Gasteiger partial charge in [0.25, 0.3) is 0 Å². The molecule has 1 fully saturated rings. The molecule has 1 aliphatic rings. The van der Waals surface area contributed by atoms with E-state index < -0.39 is 0 Å². The topological polar surface area (TPSA) is 35.5 Å². The van der Waals surface area contributed by atoms with Crippen LogP contribution >= 0.6 is 0 Å². The molecule has 0 aromatic heterocycles. The molecule has 0 unspecified atom stereocenters. The Morgan fingerprint density at radius 1 is 1.27 bits per heavy atom. The van der Waals surface area contributed by atoms with Crippen LogP contribution in [0.25, 0.3) is 0 Å². The van der Waals surface area contributed by atoms with Crippen LogP contribution in [0.15, 0.2) is 30.3 Å². The summed E-state index contributed by atoms with van der Waals surface area (Å²) in [6.07, 6.45) is 1.69. The number of methoxy groups -OCH3 is 1. The van der Waals surface area contributed by atoms with Crippen LogP contribution in [0, 0.1) is 5.92 Å². The Kier molecular flexibility index (Phi) is 2.90. The molecular formula is C12H14O3. The van der Waals surface area contributed by atoms with Gasteiger partial charge in [0.1, 0.15) is 11.9 Å². The summed E-state index contributed by atoms with van der Waals surface area (Å²) in [5.41, 5.74) is 0. The van der Waals surface area contributed by atoms with Gasteiger partial charge in [-0.15, -0.1) is 0 Å². The molecule has 1 aliphatic carbocycles. The smallest absolute Gasteiger partial charge is 0.308 e. The zero-order valence-corrected chi connectivity index (χ0v) is 8.68. The van der Waals surface area contributed by atoms with Crippen molar-refractivity contribution in [2.75, 3.05) is 7.11 Å². The van der Waals surface area contributed by atoms with E-state index in [-0.39, 0.29) is 18.0 Å². The van der Waals surface area contributed by atoms with E-state index >= 15 is 0 Å². The standard InChI is InChI=1S/C12H14O3/c1-14-12(13)9-7-11(8-9)15-10-5-3-2-4-6-10/h2-6,9,11H,7-8H2,1H3. The van der Waals surface area contributed by atoms with Gasteiger partial charge in [-0.25, -0.2) is 0 Å². The van der Waals surface area contributed by atoms with Crippen LogP contribution < -0.4 is 4.74 Å². The molecule has 3 nitrogen and oxygen atoms in total. The summed E-state index contributed by atoms with van der Waals surface area (Å²) in [5, 5.41) is 0. The van der Waals surface area contributed by atoms with E-state index in [1.807, 2.05) is 30.3 Å². The summed E-state index contributed by atoms with van der Waals surface area (Å²) in [4.78, 5) is 11.1. The molecule has 0 spiro atoms. The highest BCUT2D eigenvalue weighted by molar-refractivity contribution is 5.73. The molecule has 0 heterocycles. The van der Waals surface area contributed by atoms with Gasteiger partial charge < -0.3 is 9.47 Å². The Bertz CT molecular complexity index is 328. The molecule has 0 radical (unpaired) electrons. The summed E-state index contributed by atoms with van der Waals surface area (Å²) in [6, 6.07) is 9.67. The molecule has 80 valence electrons. The lowest BCUT2D eigenvalue weighted by Gasteiger charge is -2.33. The van der Waals surface area contributed by atoms with Gasteiger partial charge >= 0.3 is 5.97 Å². The lowest BCUT2D eigenvalue weighted by atomic mass is 9.82. The van der Waals surface area contributed by atoms with Crippen molar-refractivity contribution in [2.24, 2.45) is 5.92 Å². The SMILES string of the molecule is COC(=O)C1CC(Oc2ccccc2)C1. The van der Waals surface area contributed by atoms with Gasteiger partial charge in [-0.2, -0.15) is 0 Å². The molecule has 3 heteroatoms. The van der Waals surface area contributed by atoms with Crippen LogP contribution in [0.1, 0.15) is 12.8 Å². The van der Waals surface area contributed by atoms with Crippen molar-refractivity contribution in [3.8, 4) is 5.75 Å². The third kappa shape index (κ3) is 2.29. The molecule has 15 heavy (non-hydrogen) atoms. The summed E-state index contributed by atoms with van der Waals surface area (Å²) >= 11 is 0. The normalized spacial score (nSPS) is 24.1. The number of esters is 1. The van der Waals surface area contributed by atoms with Crippen LogP contribution in [-0.4, -0.2) is 19.2 Å². The monoisotopic (exact) mass is 206 g/mol. The number of carbonyl (C=O) groups is 1. The van der Waals surface area contributed by atoms with Gasteiger partial charge in [0.15, 0.2) is 0 Å². The van der Waals surface area contributed by atoms with Crippen molar-refractivity contribution < 1.29 is 14.3 Å². The highest BCUT2D eigenvalue weighted by Crippen LogP contribution is 2.31. The molecule has 0 bridgehead atoms. The zero-order chi connectivity index (χ0) is 10.7. The number of hydrogen-bond donors (Lipinski definition) is 0. The predicted molar refractivity (Wildman–Crippen MR) is 55.6 cm³/mol. The summed E-state index contributed by atoms with van der Waals surface area (Å²) in [7, 11) is 1.42. The Morgan fingerprint density at radius 3 is 2.53 bits per heavy atom. The minimum atomic E-state index is -0.122. The van der Waals surface area contributed by atoms with Gasteiger partial charge in [-0.05, 0) is 25.0 Å². The molecule has 1 saturated carbocycles. The predicted octanol–water partition coefficient (Wildman–Crippen LogP) is 2.02. The molecule has 0 N–H and O–H groups in total. The number of ether oxygens (including phenoxy) is 2. The van der Waals surface area contributed by atoms with Crippen LogP contribution in [0.3, 0.4) is 0 Å². The largest absolute Gasteiger partial charge is 0.490 e.